The van der Waals surface area contributed by atoms with Crippen LogP contribution in [-0.2, 0) is 14.3 Å². The van der Waals surface area contributed by atoms with E-state index in [-0.39, 0.29) is 11.8 Å². The van der Waals surface area contributed by atoms with E-state index in [0.717, 1.165) is 5.56 Å². The van der Waals surface area contributed by atoms with Crippen LogP contribution >= 0.6 is 0 Å². The summed E-state index contributed by atoms with van der Waals surface area (Å²) in [6.07, 6.45) is 3.56. The number of anilines is 1. The summed E-state index contributed by atoms with van der Waals surface area (Å²) in [4.78, 5) is 23.5. The number of rotatable bonds is 6. The lowest BCUT2D eigenvalue weighted by Gasteiger charge is -2.17. The molecule has 21 heavy (non-hydrogen) atoms. The van der Waals surface area contributed by atoms with Gasteiger partial charge in [-0.15, -0.1) is 0 Å². The van der Waals surface area contributed by atoms with Crippen molar-refractivity contribution in [2.45, 2.75) is 26.3 Å². The molecule has 114 valence electrons. The molecule has 3 N–H and O–H groups in total. The Bertz CT molecular complexity index is 524. The Morgan fingerprint density at radius 2 is 2.10 bits per heavy atom. The van der Waals surface area contributed by atoms with Crippen LogP contribution in [0.4, 0.5) is 5.69 Å². The summed E-state index contributed by atoms with van der Waals surface area (Å²) in [5.41, 5.74) is 7.11. The fourth-order valence-electron chi connectivity index (χ4n) is 1.88. The van der Waals surface area contributed by atoms with E-state index in [4.69, 9.17) is 10.5 Å². The molecule has 1 atom stereocenters. The molecular weight excluding hydrogens is 268 g/mol. The van der Waals surface area contributed by atoms with E-state index < -0.39 is 12.0 Å². The number of carbonyl (C=O) groups is 2. The number of benzene rings is 1. The van der Waals surface area contributed by atoms with Crippen LogP contribution in [0.25, 0.3) is 6.08 Å². The van der Waals surface area contributed by atoms with E-state index in [0.29, 0.717) is 12.1 Å². The number of esters is 1. The smallest absolute Gasteiger partial charge is 0.328 e. The van der Waals surface area contributed by atoms with Gasteiger partial charge in [0.1, 0.15) is 6.04 Å². The quantitative estimate of drug-likeness (QED) is 0.477. The minimum Gasteiger partial charge on any atom is -0.467 e. The first-order chi connectivity index (χ1) is 9.92. The zero-order valence-electron chi connectivity index (χ0n) is 12.6. The number of ether oxygens (including phenoxy) is 1. The minimum atomic E-state index is -0.631. The Hall–Kier alpha value is -2.30. The van der Waals surface area contributed by atoms with Crippen LogP contribution in [0, 0.1) is 5.92 Å². The van der Waals surface area contributed by atoms with Crippen molar-refractivity contribution >= 4 is 23.6 Å². The van der Waals surface area contributed by atoms with Crippen molar-refractivity contribution in [3.63, 3.8) is 0 Å². The average molecular weight is 290 g/mol. The molecule has 0 radical (unpaired) electrons. The lowest BCUT2D eigenvalue weighted by Crippen LogP contribution is -2.41. The normalized spacial score (nSPS) is 12.4. The van der Waals surface area contributed by atoms with Gasteiger partial charge < -0.3 is 15.8 Å². The largest absolute Gasteiger partial charge is 0.467 e. The Morgan fingerprint density at radius 1 is 1.38 bits per heavy atom. The standard InChI is InChI=1S/C16H22N2O3/c1-11(2)9-14(16(20)21-3)18-15(19)8-7-12-5-4-6-13(17)10-12/h4-8,10-11,14H,9,17H2,1-3H3,(H,18,19)/b8-7+. The van der Waals surface area contributed by atoms with Gasteiger partial charge in [0.25, 0.3) is 0 Å². The summed E-state index contributed by atoms with van der Waals surface area (Å²) in [7, 11) is 1.31. The maximum Gasteiger partial charge on any atom is 0.328 e. The zero-order valence-corrected chi connectivity index (χ0v) is 12.6. The van der Waals surface area contributed by atoms with Crippen molar-refractivity contribution in [2.24, 2.45) is 5.92 Å². The maximum absolute atomic E-state index is 11.9. The van der Waals surface area contributed by atoms with Crippen LogP contribution in [-0.4, -0.2) is 25.0 Å². The molecule has 1 aromatic rings. The van der Waals surface area contributed by atoms with Gasteiger partial charge in [-0.05, 0) is 36.1 Å². The predicted molar refractivity (Wildman–Crippen MR) is 83.3 cm³/mol. The summed E-state index contributed by atoms with van der Waals surface area (Å²) in [5.74, 6) is -0.504. The number of nitrogen functional groups attached to an aromatic ring is 1. The van der Waals surface area contributed by atoms with Crippen molar-refractivity contribution < 1.29 is 14.3 Å². The van der Waals surface area contributed by atoms with E-state index in [9.17, 15) is 9.59 Å². The highest BCUT2D eigenvalue weighted by Crippen LogP contribution is 2.09. The second-order valence-corrected chi connectivity index (χ2v) is 5.22. The van der Waals surface area contributed by atoms with E-state index in [1.165, 1.54) is 13.2 Å². The third kappa shape index (κ3) is 6.12. The molecule has 0 bridgehead atoms. The first-order valence-electron chi connectivity index (χ1n) is 6.84. The highest BCUT2D eigenvalue weighted by atomic mass is 16.5. The number of nitrogens with one attached hydrogen (secondary N) is 1. The van der Waals surface area contributed by atoms with Gasteiger partial charge >= 0.3 is 5.97 Å². The summed E-state index contributed by atoms with van der Waals surface area (Å²) in [5, 5.41) is 2.65. The van der Waals surface area contributed by atoms with Gasteiger partial charge in [0.05, 0.1) is 7.11 Å². The molecule has 0 aliphatic heterocycles. The number of methoxy groups -OCH3 is 1. The predicted octanol–water partition coefficient (Wildman–Crippen LogP) is 1.99. The Kier molecular flexibility index (Phi) is 6.46. The summed E-state index contributed by atoms with van der Waals surface area (Å²) >= 11 is 0. The van der Waals surface area contributed by atoms with E-state index >= 15 is 0 Å². The zero-order chi connectivity index (χ0) is 15.8. The number of hydrogen-bond donors (Lipinski definition) is 2. The minimum absolute atomic E-state index is 0.271. The third-order valence-corrected chi connectivity index (χ3v) is 2.85. The average Bonchev–Trinajstić information content (AvgIpc) is 2.43. The molecule has 5 heteroatoms. The van der Waals surface area contributed by atoms with Crippen LogP contribution in [0.3, 0.4) is 0 Å². The monoisotopic (exact) mass is 290 g/mol. The van der Waals surface area contributed by atoms with Gasteiger partial charge in [-0.25, -0.2) is 4.79 Å². The molecular formula is C16H22N2O3. The molecule has 1 unspecified atom stereocenters. The molecule has 1 amide bonds. The van der Waals surface area contributed by atoms with Crippen molar-refractivity contribution in [1.82, 2.24) is 5.32 Å². The number of carbonyl (C=O) groups excluding carboxylic acids is 2. The Morgan fingerprint density at radius 3 is 2.67 bits per heavy atom. The van der Waals surface area contributed by atoms with Gasteiger partial charge in [-0.3, -0.25) is 4.79 Å². The molecule has 0 heterocycles. The molecule has 0 aromatic heterocycles. The topological polar surface area (TPSA) is 81.4 Å². The van der Waals surface area contributed by atoms with Crippen LogP contribution in [0.2, 0.25) is 0 Å². The second kappa shape index (κ2) is 8.09. The fraction of sp³-hybridized carbons (Fsp3) is 0.375. The van der Waals surface area contributed by atoms with Crippen LogP contribution in [0.5, 0.6) is 0 Å². The van der Waals surface area contributed by atoms with E-state index in [1.54, 1.807) is 18.2 Å². The number of hydrogen-bond acceptors (Lipinski definition) is 4. The van der Waals surface area contributed by atoms with Gasteiger partial charge in [0.2, 0.25) is 5.91 Å². The van der Waals surface area contributed by atoms with Gasteiger partial charge in [-0.2, -0.15) is 0 Å². The van der Waals surface area contributed by atoms with Gasteiger partial charge in [-0.1, -0.05) is 26.0 Å². The Balaban J connectivity index is 2.67. The van der Waals surface area contributed by atoms with Crippen LogP contribution < -0.4 is 11.1 Å². The highest BCUT2D eigenvalue weighted by molar-refractivity contribution is 5.94. The molecule has 0 saturated carbocycles. The van der Waals surface area contributed by atoms with Crippen molar-refractivity contribution in [2.75, 3.05) is 12.8 Å². The van der Waals surface area contributed by atoms with Gasteiger partial charge in [0.15, 0.2) is 0 Å². The van der Waals surface area contributed by atoms with Crippen LogP contribution in [0.15, 0.2) is 30.3 Å². The second-order valence-electron chi connectivity index (χ2n) is 5.22. The van der Waals surface area contributed by atoms with Crippen molar-refractivity contribution in [3.8, 4) is 0 Å². The molecule has 0 aliphatic carbocycles. The van der Waals surface area contributed by atoms with E-state index in [2.05, 4.69) is 5.32 Å². The van der Waals surface area contributed by atoms with Gasteiger partial charge in [0, 0.05) is 11.8 Å². The first-order valence-corrected chi connectivity index (χ1v) is 6.84. The number of amides is 1. The van der Waals surface area contributed by atoms with E-state index in [1.807, 2.05) is 26.0 Å². The molecule has 0 fully saturated rings. The summed E-state index contributed by atoms with van der Waals surface area (Å²) < 4.78 is 4.70. The third-order valence-electron chi connectivity index (χ3n) is 2.85. The lowest BCUT2D eigenvalue weighted by molar-refractivity contribution is -0.145. The van der Waals surface area contributed by atoms with Crippen LogP contribution in [0.1, 0.15) is 25.8 Å². The number of nitrogens with two attached hydrogens (primary N) is 1. The Labute approximate surface area is 125 Å². The molecule has 1 rings (SSSR count). The first kappa shape index (κ1) is 16.8. The highest BCUT2D eigenvalue weighted by Gasteiger charge is 2.21. The van der Waals surface area contributed by atoms with Crippen molar-refractivity contribution in [1.29, 1.82) is 0 Å². The lowest BCUT2D eigenvalue weighted by atomic mass is 10.0. The SMILES string of the molecule is COC(=O)C(CC(C)C)NC(=O)/C=C/c1cccc(N)c1. The molecule has 0 saturated heterocycles. The maximum atomic E-state index is 11.9. The molecule has 0 spiro atoms. The fourth-order valence-corrected chi connectivity index (χ4v) is 1.88. The van der Waals surface area contributed by atoms with Crippen molar-refractivity contribution in [3.05, 3.63) is 35.9 Å². The summed E-state index contributed by atoms with van der Waals surface area (Å²) in [6, 6.07) is 6.55. The summed E-state index contributed by atoms with van der Waals surface area (Å²) in [6.45, 7) is 3.95. The molecule has 0 aliphatic rings. The molecule has 1 aromatic carbocycles. The molecule has 5 nitrogen and oxygen atoms in total.